The molecule has 0 N–H and O–H groups in total. The summed E-state index contributed by atoms with van der Waals surface area (Å²) in [5.74, 6) is -0.622. The van der Waals surface area contributed by atoms with Crippen molar-refractivity contribution in [1.29, 1.82) is 0 Å². The molecule has 0 aliphatic carbocycles. The Morgan fingerprint density at radius 3 is 2.52 bits per heavy atom. The second-order valence-electron chi connectivity index (χ2n) is 6.41. The van der Waals surface area contributed by atoms with Gasteiger partial charge in [0.15, 0.2) is 18.1 Å². The van der Waals surface area contributed by atoms with Crippen LogP contribution in [-0.2, 0) is 27.3 Å². The van der Waals surface area contributed by atoms with Crippen LogP contribution in [0.1, 0.15) is 11.1 Å². The maximum atomic E-state index is 12.8. The number of benzene rings is 2. The van der Waals surface area contributed by atoms with E-state index >= 15 is 0 Å². The number of nitrogens with zero attached hydrogens (tertiary/aromatic N) is 2. The summed E-state index contributed by atoms with van der Waals surface area (Å²) < 4.78 is 15.5. The molecule has 1 atom stereocenters. The van der Waals surface area contributed by atoms with Crippen LogP contribution in [-0.4, -0.2) is 48.6 Å². The highest BCUT2D eigenvalue weighted by Gasteiger charge is 2.35. The van der Waals surface area contributed by atoms with E-state index in [0.29, 0.717) is 6.42 Å². The molecular weight excluding hydrogens is 380 g/mol. The van der Waals surface area contributed by atoms with Crippen molar-refractivity contribution >= 4 is 17.6 Å². The van der Waals surface area contributed by atoms with E-state index in [4.69, 9.17) is 14.2 Å². The van der Waals surface area contributed by atoms with Crippen LogP contribution in [0.25, 0.3) is 0 Å². The van der Waals surface area contributed by atoms with Gasteiger partial charge in [0.2, 0.25) is 0 Å². The van der Waals surface area contributed by atoms with Crippen molar-refractivity contribution in [3.8, 4) is 11.5 Å². The molecule has 1 aliphatic rings. The van der Waals surface area contributed by atoms with Gasteiger partial charge >= 0.3 is 5.97 Å². The summed E-state index contributed by atoms with van der Waals surface area (Å²) in [6.07, 6.45) is 0.342. The second-order valence-corrected chi connectivity index (χ2v) is 6.41. The highest BCUT2D eigenvalue weighted by atomic mass is 16.6. The number of nitro benzene ring substituents is 1. The van der Waals surface area contributed by atoms with Crippen molar-refractivity contribution in [2.75, 3.05) is 20.8 Å². The number of non-ortho nitro benzene ring substituents is 1. The van der Waals surface area contributed by atoms with Gasteiger partial charge in [-0.15, -0.1) is 0 Å². The SMILES string of the molecule is COC(=O)[C@H]1Cc2ccccc2CN1C(=O)COc1cc([N+](=O)[O-])ccc1OC. The van der Waals surface area contributed by atoms with Crippen molar-refractivity contribution < 1.29 is 28.7 Å². The first kappa shape index (κ1) is 20.1. The molecule has 0 radical (unpaired) electrons. The Morgan fingerprint density at radius 2 is 1.86 bits per heavy atom. The third-order valence-electron chi connectivity index (χ3n) is 4.75. The summed E-state index contributed by atoms with van der Waals surface area (Å²) in [5.41, 5.74) is 1.73. The fourth-order valence-corrected chi connectivity index (χ4v) is 3.25. The minimum Gasteiger partial charge on any atom is -0.493 e. The summed E-state index contributed by atoms with van der Waals surface area (Å²) in [6, 6.07) is 10.7. The molecule has 0 saturated carbocycles. The normalized spacial score (nSPS) is 15.2. The number of hydrogen-bond acceptors (Lipinski definition) is 7. The van der Waals surface area contributed by atoms with E-state index in [1.165, 1.54) is 37.3 Å². The number of amides is 1. The van der Waals surface area contributed by atoms with Crippen LogP contribution in [0, 0.1) is 10.1 Å². The standard InChI is InChI=1S/C20H20N2O7/c1-27-17-8-7-15(22(25)26)10-18(17)29-12-19(23)21-11-14-6-4-3-5-13(14)9-16(21)20(24)28-2/h3-8,10,16H,9,11-12H2,1-2H3/t16-/m1/s1. The van der Waals surface area contributed by atoms with Crippen LogP contribution in [0.4, 0.5) is 5.69 Å². The summed E-state index contributed by atoms with van der Waals surface area (Å²) >= 11 is 0. The fraction of sp³-hybridized carbons (Fsp3) is 0.300. The third-order valence-corrected chi connectivity index (χ3v) is 4.75. The number of methoxy groups -OCH3 is 2. The number of rotatable bonds is 6. The topological polar surface area (TPSA) is 108 Å². The quantitative estimate of drug-likeness (QED) is 0.415. The summed E-state index contributed by atoms with van der Waals surface area (Å²) in [7, 11) is 2.67. The average molecular weight is 400 g/mol. The Labute approximate surface area is 166 Å². The number of esters is 1. The van der Waals surface area contributed by atoms with Crippen LogP contribution in [0.2, 0.25) is 0 Å². The van der Waals surface area contributed by atoms with Crippen molar-refractivity contribution in [2.45, 2.75) is 19.0 Å². The van der Waals surface area contributed by atoms with Gasteiger partial charge in [-0.25, -0.2) is 4.79 Å². The van der Waals surface area contributed by atoms with E-state index in [1.54, 1.807) is 0 Å². The first-order valence-corrected chi connectivity index (χ1v) is 8.84. The summed E-state index contributed by atoms with van der Waals surface area (Å²) in [4.78, 5) is 36.9. The highest BCUT2D eigenvalue weighted by molar-refractivity contribution is 5.86. The molecule has 0 aromatic heterocycles. The zero-order chi connectivity index (χ0) is 21.0. The minimum atomic E-state index is -0.766. The Morgan fingerprint density at radius 1 is 1.14 bits per heavy atom. The van der Waals surface area contributed by atoms with Crippen LogP contribution >= 0.6 is 0 Å². The number of carbonyl (C=O) groups is 2. The Hall–Kier alpha value is -3.62. The van der Waals surface area contributed by atoms with Gasteiger partial charge in [0.25, 0.3) is 11.6 Å². The van der Waals surface area contributed by atoms with Gasteiger partial charge in [0.05, 0.1) is 25.2 Å². The number of carbonyl (C=O) groups excluding carboxylic acids is 2. The van der Waals surface area contributed by atoms with E-state index < -0.39 is 29.4 Å². The molecule has 3 rings (SSSR count). The highest BCUT2D eigenvalue weighted by Crippen LogP contribution is 2.31. The molecule has 0 bridgehead atoms. The van der Waals surface area contributed by atoms with Crippen LogP contribution in [0.5, 0.6) is 11.5 Å². The van der Waals surface area contributed by atoms with Crippen LogP contribution < -0.4 is 9.47 Å². The van der Waals surface area contributed by atoms with Gasteiger partial charge in [-0.05, 0) is 17.2 Å². The van der Waals surface area contributed by atoms with Crippen molar-refractivity contribution in [3.63, 3.8) is 0 Å². The first-order chi connectivity index (χ1) is 13.9. The predicted octanol–water partition coefficient (Wildman–Crippen LogP) is 2.11. The third kappa shape index (κ3) is 4.29. The lowest BCUT2D eigenvalue weighted by molar-refractivity contribution is -0.385. The van der Waals surface area contributed by atoms with Crippen LogP contribution in [0.3, 0.4) is 0 Å². The maximum Gasteiger partial charge on any atom is 0.328 e. The van der Waals surface area contributed by atoms with Gasteiger partial charge in [-0.3, -0.25) is 14.9 Å². The molecule has 29 heavy (non-hydrogen) atoms. The molecule has 2 aromatic rings. The fourth-order valence-electron chi connectivity index (χ4n) is 3.25. The largest absolute Gasteiger partial charge is 0.493 e. The molecule has 1 aliphatic heterocycles. The zero-order valence-corrected chi connectivity index (χ0v) is 16.0. The molecule has 0 unspecified atom stereocenters. The Kier molecular flexibility index (Phi) is 5.96. The predicted molar refractivity (Wildman–Crippen MR) is 102 cm³/mol. The molecule has 152 valence electrons. The molecule has 0 spiro atoms. The van der Waals surface area contributed by atoms with Crippen molar-refractivity contribution in [3.05, 3.63) is 63.7 Å². The van der Waals surface area contributed by atoms with E-state index in [1.807, 2.05) is 24.3 Å². The smallest absolute Gasteiger partial charge is 0.328 e. The number of nitro groups is 1. The molecule has 0 saturated heterocycles. The van der Waals surface area contributed by atoms with E-state index in [-0.39, 0.29) is 23.7 Å². The van der Waals surface area contributed by atoms with Gasteiger partial charge in [-0.2, -0.15) is 0 Å². The molecular formula is C20H20N2O7. The van der Waals surface area contributed by atoms with Crippen molar-refractivity contribution in [2.24, 2.45) is 0 Å². The minimum absolute atomic E-state index is 0.0714. The number of ether oxygens (including phenoxy) is 3. The lowest BCUT2D eigenvalue weighted by Crippen LogP contribution is -2.50. The lowest BCUT2D eigenvalue weighted by atomic mass is 9.94. The summed E-state index contributed by atoms with van der Waals surface area (Å²) in [6.45, 7) is -0.169. The van der Waals surface area contributed by atoms with E-state index in [0.717, 1.165) is 11.1 Å². The second kappa shape index (κ2) is 8.59. The Bertz CT molecular complexity index is 944. The maximum absolute atomic E-state index is 12.8. The number of hydrogen-bond donors (Lipinski definition) is 0. The molecule has 9 nitrogen and oxygen atoms in total. The lowest BCUT2D eigenvalue weighted by Gasteiger charge is -2.35. The zero-order valence-electron chi connectivity index (χ0n) is 16.0. The Balaban J connectivity index is 1.79. The average Bonchev–Trinajstić information content (AvgIpc) is 2.75. The molecule has 9 heteroatoms. The molecule has 1 heterocycles. The first-order valence-electron chi connectivity index (χ1n) is 8.84. The van der Waals surface area contributed by atoms with Gasteiger partial charge < -0.3 is 19.1 Å². The number of fused-ring (bicyclic) bond motifs is 1. The summed E-state index contributed by atoms with van der Waals surface area (Å²) in [5, 5.41) is 11.0. The van der Waals surface area contributed by atoms with E-state index in [2.05, 4.69) is 0 Å². The van der Waals surface area contributed by atoms with Gasteiger partial charge in [-0.1, -0.05) is 24.3 Å². The van der Waals surface area contributed by atoms with Gasteiger partial charge in [0.1, 0.15) is 6.04 Å². The molecule has 2 aromatic carbocycles. The molecule has 1 amide bonds. The van der Waals surface area contributed by atoms with Gasteiger partial charge in [0, 0.05) is 19.0 Å². The van der Waals surface area contributed by atoms with Crippen LogP contribution in [0.15, 0.2) is 42.5 Å². The van der Waals surface area contributed by atoms with Crippen molar-refractivity contribution in [1.82, 2.24) is 4.90 Å². The molecule has 0 fully saturated rings. The monoisotopic (exact) mass is 400 g/mol. The van der Waals surface area contributed by atoms with E-state index in [9.17, 15) is 19.7 Å².